The highest BCUT2D eigenvalue weighted by molar-refractivity contribution is 9.10. The van der Waals surface area contributed by atoms with Crippen LogP contribution < -0.4 is 15.0 Å². The number of ether oxygens (including phenoxy) is 2. The van der Waals surface area contributed by atoms with Gasteiger partial charge >= 0.3 is 0 Å². The molecule has 0 saturated heterocycles. The van der Waals surface area contributed by atoms with Gasteiger partial charge in [-0.05, 0) is 73.4 Å². The van der Waals surface area contributed by atoms with E-state index in [-0.39, 0.29) is 11.5 Å². The third-order valence-corrected chi connectivity index (χ3v) is 8.06. The van der Waals surface area contributed by atoms with Gasteiger partial charge in [0.2, 0.25) is 0 Å². The van der Waals surface area contributed by atoms with E-state index in [9.17, 15) is 4.79 Å². The quantitative estimate of drug-likeness (QED) is 0.176. The number of hydrogen-bond donors (Lipinski definition) is 0. The molecule has 0 N–H and O–H groups in total. The van der Waals surface area contributed by atoms with E-state index in [0.717, 1.165) is 40.2 Å². The number of benzene rings is 3. The number of halogens is 3. The molecule has 1 aliphatic carbocycles. The maximum Gasteiger partial charge on any atom is 0.282 e. The molecule has 5 rings (SSSR count). The summed E-state index contributed by atoms with van der Waals surface area (Å²) in [6.45, 7) is 2.70. The van der Waals surface area contributed by atoms with Crippen LogP contribution in [0.2, 0.25) is 5.02 Å². The maximum atomic E-state index is 13.6. The zero-order chi connectivity index (χ0) is 27.4. The van der Waals surface area contributed by atoms with Crippen molar-refractivity contribution in [3.8, 4) is 11.5 Å². The largest absolute Gasteiger partial charge is 0.490 e. The van der Waals surface area contributed by atoms with Gasteiger partial charge in [-0.1, -0.05) is 74.9 Å². The van der Waals surface area contributed by atoms with Crippen LogP contribution in [0.3, 0.4) is 0 Å². The van der Waals surface area contributed by atoms with Gasteiger partial charge in [-0.2, -0.15) is 9.78 Å². The molecular formula is C30H28Br2ClN3O3. The van der Waals surface area contributed by atoms with Crippen molar-refractivity contribution in [1.82, 2.24) is 9.66 Å². The van der Waals surface area contributed by atoms with Crippen LogP contribution in [0.1, 0.15) is 61.9 Å². The fourth-order valence-corrected chi connectivity index (χ4v) is 5.73. The second kappa shape index (κ2) is 12.7. The van der Waals surface area contributed by atoms with Crippen molar-refractivity contribution < 1.29 is 9.47 Å². The average Bonchev–Trinajstić information content (AvgIpc) is 2.94. The van der Waals surface area contributed by atoms with E-state index < -0.39 is 0 Å². The van der Waals surface area contributed by atoms with Crippen LogP contribution in [0.5, 0.6) is 11.5 Å². The lowest BCUT2D eigenvalue weighted by Gasteiger charge is -2.22. The van der Waals surface area contributed by atoms with Crippen LogP contribution >= 0.6 is 43.5 Å². The number of rotatable bonds is 8. The van der Waals surface area contributed by atoms with E-state index in [1.165, 1.54) is 11.1 Å². The van der Waals surface area contributed by atoms with Crippen molar-refractivity contribution in [1.29, 1.82) is 0 Å². The maximum absolute atomic E-state index is 13.6. The predicted molar refractivity (Wildman–Crippen MR) is 164 cm³/mol. The minimum atomic E-state index is -0.191. The fourth-order valence-electron chi connectivity index (χ4n) is 4.83. The summed E-state index contributed by atoms with van der Waals surface area (Å²) in [5, 5.41) is 5.57. The van der Waals surface area contributed by atoms with Crippen LogP contribution in [0.4, 0.5) is 0 Å². The molecule has 0 atom stereocenters. The van der Waals surface area contributed by atoms with Crippen LogP contribution in [-0.2, 0) is 6.61 Å². The first-order valence-corrected chi connectivity index (χ1v) is 15.0. The molecule has 4 aromatic rings. The summed E-state index contributed by atoms with van der Waals surface area (Å²) in [5.74, 6) is 1.88. The van der Waals surface area contributed by atoms with Gasteiger partial charge in [-0.25, -0.2) is 4.98 Å². The molecule has 0 spiro atoms. The lowest BCUT2D eigenvalue weighted by Crippen LogP contribution is -2.25. The van der Waals surface area contributed by atoms with Gasteiger partial charge in [-0.3, -0.25) is 4.79 Å². The topological polar surface area (TPSA) is 65.7 Å². The van der Waals surface area contributed by atoms with Crippen molar-refractivity contribution in [2.75, 3.05) is 6.61 Å². The van der Waals surface area contributed by atoms with E-state index in [1.807, 2.05) is 49.4 Å². The molecule has 1 fully saturated rings. The normalized spacial score (nSPS) is 14.3. The molecule has 3 aromatic carbocycles. The summed E-state index contributed by atoms with van der Waals surface area (Å²) in [4.78, 5) is 18.5. The van der Waals surface area contributed by atoms with Gasteiger partial charge < -0.3 is 9.47 Å². The van der Waals surface area contributed by atoms with Gasteiger partial charge in [0.25, 0.3) is 5.56 Å². The summed E-state index contributed by atoms with van der Waals surface area (Å²) >= 11 is 13.6. The van der Waals surface area contributed by atoms with E-state index in [1.54, 1.807) is 18.3 Å². The molecule has 0 aliphatic heterocycles. The Hall–Kier alpha value is -2.68. The highest BCUT2D eigenvalue weighted by atomic mass is 79.9. The van der Waals surface area contributed by atoms with Gasteiger partial charge in [0.15, 0.2) is 11.5 Å². The van der Waals surface area contributed by atoms with Crippen LogP contribution in [0.25, 0.3) is 10.9 Å². The SMILES string of the molecule is CCOc1cc(C=Nn2c(C3CCCCC3)nc3ccc(Br)cc3c2=O)cc(Cl)c1OCc1ccc(Br)cc1. The second-order valence-electron chi connectivity index (χ2n) is 9.51. The second-order valence-corrected chi connectivity index (χ2v) is 11.7. The Kier molecular flexibility index (Phi) is 9.05. The highest BCUT2D eigenvalue weighted by Gasteiger charge is 2.22. The van der Waals surface area contributed by atoms with Gasteiger partial charge in [0.05, 0.1) is 28.7 Å². The summed E-state index contributed by atoms with van der Waals surface area (Å²) in [7, 11) is 0. The summed E-state index contributed by atoms with van der Waals surface area (Å²) in [6.07, 6.45) is 7.07. The zero-order valence-electron chi connectivity index (χ0n) is 21.5. The van der Waals surface area contributed by atoms with Crippen molar-refractivity contribution >= 4 is 60.6 Å². The van der Waals surface area contributed by atoms with Crippen molar-refractivity contribution in [3.05, 3.63) is 95.9 Å². The summed E-state index contributed by atoms with van der Waals surface area (Å²) in [5.41, 5.74) is 2.19. The Morgan fingerprint density at radius 2 is 1.77 bits per heavy atom. The third kappa shape index (κ3) is 6.56. The molecule has 0 bridgehead atoms. The average molecular weight is 674 g/mol. The molecule has 39 heavy (non-hydrogen) atoms. The molecule has 6 nitrogen and oxygen atoms in total. The first kappa shape index (κ1) is 27.9. The number of fused-ring (bicyclic) bond motifs is 1. The Morgan fingerprint density at radius 1 is 1.03 bits per heavy atom. The third-order valence-electron chi connectivity index (χ3n) is 6.75. The minimum absolute atomic E-state index is 0.189. The summed E-state index contributed by atoms with van der Waals surface area (Å²) < 4.78 is 15.2. The minimum Gasteiger partial charge on any atom is -0.490 e. The molecule has 1 aliphatic rings. The number of aromatic nitrogens is 2. The number of nitrogens with zero attached hydrogens (tertiary/aromatic N) is 3. The molecule has 1 heterocycles. The smallest absolute Gasteiger partial charge is 0.282 e. The monoisotopic (exact) mass is 671 g/mol. The van der Waals surface area contributed by atoms with E-state index in [0.29, 0.717) is 52.0 Å². The van der Waals surface area contributed by atoms with Crippen molar-refractivity contribution in [2.45, 2.75) is 51.6 Å². The fraction of sp³-hybridized carbons (Fsp3) is 0.300. The lowest BCUT2D eigenvalue weighted by atomic mass is 9.88. The predicted octanol–water partition coefficient (Wildman–Crippen LogP) is 8.48. The van der Waals surface area contributed by atoms with Gasteiger partial charge in [-0.15, -0.1) is 0 Å². The Labute approximate surface area is 249 Å². The van der Waals surface area contributed by atoms with Crippen molar-refractivity contribution in [3.63, 3.8) is 0 Å². The molecule has 9 heteroatoms. The molecule has 0 amide bonds. The lowest BCUT2D eigenvalue weighted by molar-refractivity contribution is 0.269. The van der Waals surface area contributed by atoms with E-state index >= 15 is 0 Å². The summed E-state index contributed by atoms with van der Waals surface area (Å²) in [6, 6.07) is 17.1. The standard InChI is InChI=1S/C30H28Br2ClN3O3/c1-2-38-27-15-20(14-25(33)28(27)39-18-19-8-10-22(31)11-9-19)17-34-36-29(21-6-4-3-5-7-21)35-26-13-12-23(32)16-24(26)30(36)37/h8-17,21H,2-7,18H2,1H3. The van der Waals surface area contributed by atoms with Crippen LogP contribution in [0.15, 0.2) is 73.4 Å². The first-order valence-electron chi connectivity index (χ1n) is 13.0. The Bertz CT molecular complexity index is 1570. The Balaban J connectivity index is 1.50. The molecule has 202 valence electrons. The zero-order valence-corrected chi connectivity index (χ0v) is 25.4. The molecule has 0 radical (unpaired) electrons. The van der Waals surface area contributed by atoms with E-state index in [2.05, 4.69) is 37.0 Å². The Morgan fingerprint density at radius 3 is 2.51 bits per heavy atom. The molecule has 0 unspecified atom stereocenters. The molecule has 1 saturated carbocycles. The van der Waals surface area contributed by atoms with Crippen LogP contribution in [-0.4, -0.2) is 22.5 Å². The highest BCUT2D eigenvalue weighted by Crippen LogP contribution is 2.37. The van der Waals surface area contributed by atoms with Crippen LogP contribution in [0, 0.1) is 0 Å². The van der Waals surface area contributed by atoms with Crippen molar-refractivity contribution in [2.24, 2.45) is 5.10 Å². The van der Waals surface area contributed by atoms with Gasteiger partial charge in [0.1, 0.15) is 12.4 Å². The number of hydrogen-bond acceptors (Lipinski definition) is 5. The molecular weight excluding hydrogens is 646 g/mol. The van der Waals surface area contributed by atoms with Gasteiger partial charge in [0, 0.05) is 14.9 Å². The first-order chi connectivity index (χ1) is 18.9. The van der Waals surface area contributed by atoms with E-state index in [4.69, 9.17) is 26.1 Å². The molecule has 1 aromatic heterocycles.